The first kappa shape index (κ1) is 14.6. The molecule has 0 unspecified atom stereocenters. The Kier molecular flexibility index (Phi) is 4.75. The van der Waals surface area contributed by atoms with Gasteiger partial charge in [0, 0.05) is 31.4 Å². The van der Waals surface area contributed by atoms with Crippen molar-refractivity contribution >= 4 is 11.7 Å². The van der Waals surface area contributed by atoms with Crippen LogP contribution >= 0.6 is 0 Å². The summed E-state index contributed by atoms with van der Waals surface area (Å²) in [4.78, 5) is 18.6. The smallest absolute Gasteiger partial charge is 0.289 e. The molecule has 0 spiro atoms. The van der Waals surface area contributed by atoms with Crippen molar-refractivity contribution in [3.8, 4) is 0 Å². The number of nitrogens with zero attached hydrogens (tertiary/aromatic N) is 2. The highest BCUT2D eigenvalue weighted by Crippen LogP contribution is 2.18. The number of ether oxygens (including phenoxy) is 3. The van der Waals surface area contributed by atoms with E-state index in [1.165, 1.54) is 6.26 Å². The number of anilines is 1. The van der Waals surface area contributed by atoms with Gasteiger partial charge in [-0.2, -0.15) is 0 Å². The van der Waals surface area contributed by atoms with Crippen LogP contribution in [-0.4, -0.2) is 50.4 Å². The second-order valence-electron chi connectivity index (χ2n) is 4.97. The molecule has 22 heavy (non-hydrogen) atoms. The minimum absolute atomic E-state index is 0.211. The van der Waals surface area contributed by atoms with Crippen LogP contribution < -0.4 is 10.2 Å². The van der Waals surface area contributed by atoms with Crippen LogP contribution in [0.3, 0.4) is 0 Å². The molecule has 2 aliphatic heterocycles. The van der Waals surface area contributed by atoms with Gasteiger partial charge in [-0.15, -0.1) is 0 Å². The molecule has 2 aliphatic rings. The summed E-state index contributed by atoms with van der Waals surface area (Å²) in [6.07, 6.45) is 3.11. The molecule has 0 aromatic carbocycles. The van der Waals surface area contributed by atoms with Gasteiger partial charge in [0.1, 0.15) is 25.3 Å². The van der Waals surface area contributed by atoms with Gasteiger partial charge < -0.3 is 24.4 Å². The largest absolute Gasteiger partial charge is 0.494 e. The second kappa shape index (κ2) is 7.13. The molecule has 1 amide bonds. The molecule has 1 saturated heterocycles. The molecule has 7 nitrogen and oxygen atoms in total. The van der Waals surface area contributed by atoms with Crippen molar-refractivity contribution in [2.45, 2.75) is 6.54 Å². The van der Waals surface area contributed by atoms with Crippen LogP contribution in [-0.2, 0) is 25.5 Å². The Labute approximate surface area is 128 Å². The van der Waals surface area contributed by atoms with Crippen molar-refractivity contribution in [2.24, 2.45) is 0 Å². The van der Waals surface area contributed by atoms with Gasteiger partial charge in [-0.05, 0) is 6.07 Å². The molecule has 0 atom stereocenters. The fraction of sp³-hybridized carbons (Fsp3) is 0.467. The van der Waals surface area contributed by atoms with Crippen LogP contribution in [0.15, 0.2) is 30.4 Å². The summed E-state index contributed by atoms with van der Waals surface area (Å²) in [6, 6.07) is 3.83. The number of carbonyl (C=O) groups excluding carboxylic acids is 1. The lowest BCUT2D eigenvalue weighted by atomic mass is 10.2. The van der Waals surface area contributed by atoms with E-state index in [0.29, 0.717) is 33.0 Å². The van der Waals surface area contributed by atoms with Crippen LogP contribution in [0, 0.1) is 0 Å². The summed E-state index contributed by atoms with van der Waals surface area (Å²) in [5.74, 6) is 0.820. The van der Waals surface area contributed by atoms with Crippen molar-refractivity contribution in [3.63, 3.8) is 0 Å². The Morgan fingerprint density at radius 1 is 1.27 bits per heavy atom. The Morgan fingerprint density at radius 3 is 2.91 bits per heavy atom. The molecule has 0 saturated carbocycles. The van der Waals surface area contributed by atoms with Gasteiger partial charge in [0.05, 0.1) is 13.2 Å². The Balaban J connectivity index is 1.64. The molecule has 7 heteroatoms. The molecular weight excluding hydrogens is 286 g/mol. The summed E-state index contributed by atoms with van der Waals surface area (Å²) in [6.45, 7) is 4.26. The molecule has 0 aliphatic carbocycles. The standard InChI is InChI=1S/C15H19N3O4/c19-15(13-11-21-8-9-22-13)17-10-12-2-1-3-16-14(12)18-4-6-20-7-5-18/h1-3,11H,4-10H2,(H,17,19). The van der Waals surface area contributed by atoms with Gasteiger partial charge in [-0.25, -0.2) is 4.98 Å². The number of rotatable bonds is 4. The van der Waals surface area contributed by atoms with Crippen molar-refractivity contribution in [3.05, 3.63) is 35.9 Å². The summed E-state index contributed by atoms with van der Waals surface area (Å²) in [5.41, 5.74) is 0.968. The van der Waals surface area contributed by atoms with E-state index in [9.17, 15) is 4.79 Å². The molecule has 1 aromatic rings. The van der Waals surface area contributed by atoms with Gasteiger partial charge in [-0.3, -0.25) is 4.79 Å². The lowest BCUT2D eigenvalue weighted by molar-refractivity contribution is -0.122. The fourth-order valence-corrected chi connectivity index (χ4v) is 2.38. The number of amides is 1. The topological polar surface area (TPSA) is 72.9 Å². The maximum Gasteiger partial charge on any atom is 0.289 e. The minimum atomic E-state index is -0.281. The van der Waals surface area contributed by atoms with E-state index in [2.05, 4.69) is 15.2 Å². The number of nitrogens with one attached hydrogen (secondary N) is 1. The average molecular weight is 305 g/mol. The number of morpholine rings is 1. The van der Waals surface area contributed by atoms with Crippen molar-refractivity contribution < 1.29 is 19.0 Å². The summed E-state index contributed by atoms with van der Waals surface area (Å²) in [5, 5.41) is 2.84. The van der Waals surface area contributed by atoms with Crippen LogP contribution in [0.25, 0.3) is 0 Å². The van der Waals surface area contributed by atoms with E-state index in [-0.39, 0.29) is 11.7 Å². The highest BCUT2D eigenvalue weighted by molar-refractivity contribution is 5.91. The van der Waals surface area contributed by atoms with Crippen molar-refractivity contribution in [1.82, 2.24) is 10.3 Å². The maximum absolute atomic E-state index is 12.0. The highest BCUT2D eigenvalue weighted by Gasteiger charge is 2.18. The summed E-state index contributed by atoms with van der Waals surface area (Å²) < 4.78 is 15.7. The molecule has 3 heterocycles. The van der Waals surface area contributed by atoms with Crippen LogP contribution in [0.1, 0.15) is 5.56 Å². The van der Waals surface area contributed by atoms with E-state index in [4.69, 9.17) is 14.2 Å². The zero-order valence-corrected chi connectivity index (χ0v) is 12.3. The molecule has 1 fully saturated rings. The van der Waals surface area contributed by atoms with Gasteiger partial charge in [0.2, 0.25) is 5.76 Å². The third kappa shape index (κ3) is 3.48. The predicted molar refractivity (Wildman–Crippen MR) is 79.1 cm³/mol. The molecule has 1 N–H and O–H groups in total. The first-order valence-electron chi connectivity index (χ1n) is 7.34. The monoisotopic (exact) mass is 305 g/mol. The third-order valence-electron chi connectivity index (χ3n) is 3.49. The Morgan fingerprint density at radius 2 is 2.14 bits per heavy atom. The first-order valence-corrected chi connectivity index (χ1v) is 7.34. The quantitative estimate of drug-likeness (QED) is 0.869. The van der Waals surface area contributed by atoms with E-state index >= 15 is 0 Å². The predicted octanol–water partition coefficient (Wildman–Crippen LogP) is 0.423. The molecule has 0 bridgehead atoms. The maximum atomic E-state index is 12.0. The van der Waals surface area contributed by atoms with Gasteiger partial charge in [0.15, 0.2) is 0 Å². The fourth-order valence-electron chi connectivity index (χ4n) is 2.38. The first-order chi connectivity index (χ1) is 10.8. The van der Waals surface area contributed by atoms with Crippen molar-refractivity contribution in [1.29, 1.82) is 0 Å². The van der Waals surface area contributed by atoms with E-state index in [1.54, 1.807) is 6.20 Å². The van der Waals surface area contributed by atoms with Crippen LogP contribution in [0.2, 0.25) is 0 Å². The van der Waals surface area contributed by atoms with E-state index in [0.717, 1.165) is 24.5 Å². The number of hydrogen-bond acceptors (Lipinski definition) is 6. The Hall–Kier alpha value is -2.28. The molecule has 1 aromatic heterocycles. The number of hydrogen-bond donors (Lipinski definition) is 1. The zero-order valence-electron chi connectivity index (χ0n) is 12.3. The molecule has 3 rings (SSSR count). The zero-order chi connectivity index (χ0) is 15.2. The van der Waals surface area contributed by atoms with Crippen LogP contribution in [0.5, 0.6) is 0 Å². The normalized spacial score (nSPS) is 18.0. The van der Waals surface area contributed by atoms with E-state index in [1.807, 2.05) is 12.1 Å². The third-order valence-corrected chi connectivity index (χ3v) is 3.49. The molecule has 0 radical (unpaired) electrons. The summed E-state index contributed by atoms with van der Waals surface area (Å²) in [7, 11) is 0. The van der Waals surface area contributed by atoms with E-state index < -0.39 is 0 Å². The second-order valence-corrected chi connectivity index (χ2v) is 4.97. The average Bonchev–Trinajstić information content (AvgIpc) is 2.61. The van der Waals surface area contributed by atoms with Crippen LogP contribution in [0.4, 0.5) is 5.82 Å². The van der Waals surface area contributed by atoms with Gasteiger partial charge >= 0.3 is 0 Å². The lowest BCUT2D eigenvalue weighted by Gasteiger charge is -2.29. The Bertz CT molecular complexity index is 555. The number of pyridine rings is 1. The molecular formula is C15H19N3O4. The summed E-state index contributed by atoms with van der Waals surface area (Å²) >= 11 is 0. The lowest BCUT2D eigenvalue weighted by Crippen LogP contribution is -2.38. The molecule has 118 valence electrons. The number of carbonyl (C=O) groups is 1. The minimum Gasteiger partial charge on any atom is -0.494 e. The van der Waals surface area contributed by atoms with Crippen molar-refractivity contribution in [2.75, 3.05) is 44.4 Å². The number of aromatic nitrogens is 1. The highest BCUT2D eigenvalue weighted by atomic mass is 16.6. The SMILES string of the molecule is O=C(NCc1cccnc1N1CCOCC1)C1=COCCO1. The van der Waals surface area contributed by atoms with Gasteiger partial charge in [-0.1, -0.05) is 6.07 Å². The van der Waals surface area contributed by atoms with Gasteiger partial charge in [0.25, 0.3) is 5.91 Å².